The second-order valence-electron chi connectivity index (χ2n) is 5.08. The first-order valence-electron chi connectivity index (χ1n) is 7.07. The van der Waals surface area contributed by atoms with Crippen LogP contribution >= 0.6 is 0 Å². The van der Waals surface area contributed by atoms with E-state index in [0.717, 1.165) is 23.4 Å². The summed E-state index contributed by atoms with van der Waals surface area (Å²) in [6.07, 6.45) is 0.926. The Hall–Kier alpha value is -2.62. The zero-order chi connectivity index (χ0) is 14.8. The summed E-state index contributed by atoms with van der Waals surface area (Å²) in [6, 6.07) is 16.3. The van der Waals surface area contributed by atoms with Crippen molar-refractivity contribution in [3.63, 3.8) is 0 Å². The first-order chi connectivity index (χ1) is 10.2. The Morgan fingerprint density at radius 1 is 1.05 bits per heavy atom. The van der Waals surface area contributed by atoms with Gasteiger partial charge < -0.3 is 5.73 Å². The summed E-state index contributed by atoms with van der Waals surface area (Å²) in [4.78, 5) is 0. The molecule has 0 amide bonds. The molecule has 0 aliphatic carbocycles. The van der Waals surface area contributed by atoms with Crippen LogP contribution in [-0.4, -0.2) is 15.0 Å². The van der Waals surface area contributed by atoms with Crippen LogP contribution in [0.4, 0.5) is 5.82 Å². The van der Waals surface area contributed by atoms with Gasteiger partial charge in [-0.1, -0.05) is 60.2 Å². The van der Waals surface area contributed by atoms with E-state index < -0.39 is 0 Å². The van der Waals surface area contributed by atoms with Gasteiger partial charge in [0.25, 0.3) is 0 Å². The minimum absolute atomic E-state index is 0.569. The SMILES string of the molecule is CCc1ccccc1-n1nnc(-c2ccc(C)cc2)c1N. The predicted octanol–water partition coefficient (Wildman–Crippen LogP) is 3.39. The number of para-hydroxylation sites is 1. The fraction of sp³-hybridized carbons (Fsp3) is 0.176. The van der Waals surface area contributed by atoms with Crippen LogP contribution in [0, 0.1) is 6.92 Å². The topological polar surface area (TPSA) is 56.7 Å². The number of hydrogen-bond donors (Lipinski definition) is 1. The van der Waals surface area contributed by atoms with E-state index in [4.69, 9.17) is 5.73 Å². The van der Waals surface area contributed by atoms with Crippen molar-refractivity contribution < 1.29 is 0 Å². The summed E-state index contributed by atoms with van der Waals surface area (Å²) in [6.45, 7) is 4.17. The van der Waals surface area contributed by atoms with Crippen LogP contribution in [0.15, 0.2) is 48.5 Å². The van der Waals surface area contributed by atoms with Gasteiger partial charge >= 0.3 is 0 Å². The van der Waals surface area contributed by atoms with Crippen LogP contribution in [0.5, 0.6) is 0 Å². The van der Waals surface area contributed by atoms with E-state index in [1.54, 1.807) is 4.68 Å². The highest BCUT2D eigenvalue weighted by molar-refractivity contribution is 5.71. The zero-order valence-corrected chi connectivity index (χ0v) is 12.2. The van der Waals surface area contributed by atoms with Gasteiger partial charge in [0, 0.05) is 5.56 Å². The number of benzene rings is 2. The van der Waals surface area contributed by atoms with Gasteiger partial charge in [-0.05, 0) is 25.0 Å². The molecule has 0 bridgehead atoms. The molecule has 0 radical (unpaired) electrons. The number of rotatable bonds is 3. The number of anilines is 1. The Labute approximate surface area is 124 Å². The molecule has 0 fully saturated rings. The average molecular weight is 278 g/mol. The van der Waals surface area contributed by atoms with Crippen LogP contribution in [0.2, 0.25) is 0 Å². The highest BCUT2D eigenvalue weighted by atomic mass is 15.5. The maximum atomic E-state index is 6.27. The second-order valence-corrected chi connectivity index (χ2v) is 5.08. The van der Waals surface area contributed by atoms with Crippen molar-refractivity contribution in [2.75, 3.05) is 5.73 Å². The van der Waals surface area contributed by atoms with Crippen molar-refractivity contribution in [3.05, 3.63) is 59.7 Å². The molecular formula is C17H18N4. The number of nitrogen functional groups attached to an aromatic ring is 1. The standard InChI is InChI=1S/C17H18N4/c1-3-13-6-4-5-7-15(13)21-17(18)16(19-20-21)14-10-8-12(2)9-11-14/h4-11H,3,18H2,1-2H3. The number of aromatic nitrogens is 3. The monoisotopic (exact) mass is 278 g/mol. The van der Waals surface area contributed by atoms with Crippen LogP contribution in [0.25, 0.3) is 16.9 Å². The molecule has 0 unspecified atom stereocenters. The number of hydrogen-bond acceptors (Lipinski definition) is 3. The molecular weight excluding hydrogens is 260 g/mol. The third-order valence-electron chi connectivity index (χ3n) is 3.63. The Kier molecular flexibility index (Phi) is 3.44. The Balaban J connectivity index is 2.09. The molecule has 3 rings (SSSR count). The molecule has 3 aromatic rings. The van der Waals surface area contributed by atoms with Crippen LogP contribution in [0.1, 0.15) is 18.1 Å². The number of aryl methyl sites for hydroxylation is 2. The van der Waals surface area contributed by atoms with Gasteiger partial charge in [-0.25, -0.2) is 0 Å². The largest absolute Gasteiger partial charge is 0.382 e. The molecule has 0 aliphatic rings. The van der Waals surface area contributed by atoms with Gasteiger partial charge in [-0.15, -0.1) is 5.10 Å². The Morgan fingerprint density at radius 3 is 2.48 bits per heavy atom. The molecule has 4 nitrogen and oxygen atoms in total. The fourth-order valence-corrected chi connectivity index (χ4v) is 2.40. The van der Waals surface area contributed by atoms with Gasteiger partial charge in [0.15, 0.2) is 5.82 Å². The minimum Gasteiger partial charge on any atom is -0.382 e. The van der Waals surface area contributed by atoms with E-state index in [-0.39, 0.29) is 0 Å². The third kappa shape index (κ3) is 2.40. The van der Waals surface area contributed by atoms with Gasteiger partial charge in [0.2, 0.25) is 0 Å². The molecule has 4 heteroatoms. The molecule has 1 heterocycles. The second kappa shape index (κ2) is 5.40. The molecule has 0 saturated carbocycles. The fourth-order valence-electron chi connectivity index (χ4n) is 2.40. The van der Waals surface area contributed by atoms with Crippen LogP contribution in [-0.2, 0) is 6.42 Å². The van der Waals surface area contributed by atoms with Crippen molar-refractivity contribution in [3.8, 4) is 16.9 Å². The van der Waals surface area contributed by atoms with Crippen LogP contribution in [0.3, 0.4) is 0 Å². The predicted molar refractivity (Wildman–Crippen MR) is 85.3 cm³/mol. The van der Waals surface area contributed by atoms with E-state index in [2.05, 4.69) is 30.2 Å². The first kappa shape index (κ1) is 13.4. The number of nitrogens with two attached hydrogens (primary N) is 1. The molecule has 0 spiro atoms. The summed E-state index contributed by atoms with van der Waals surface area (Å²) in [7, 11) is 0. The molecule has 21 heavy (non-hydrogen) atoms. The summed E-state index contributed by atoms with van der Waals surface area (Å²) in [5.74, 6) is 0.569. The summed E-state index contributed by atoms with van der Waals surface area (Å²) in [5, 5.41) is 8.49. The lowest BCUT2D eigenvalue weighted by molar-refractivity contribution is 0.800. The van der Waals surface area contributed by atoms with E-state index >= 15 is 0 Å². The first-order valence-corrected chi connectivity index (χ1v) is 7.07. The Bertz CT molecular complexity index is 757. The van der Waals surface area contributed by atoms with Gasteiger partial charge in [-0.2, -0.15) is 4.68 Å². The lowest BCUT2D eigenvalue weighted by atomic mass is 10.1. The minimum atomic E-state index is 0.569. The lowest BCUT2D eigenvalue weighted by Gasteiger charge is -2.08. The molecule has 0 aliphatic heterocycles. The normalized spacial score (nSPS) is 10.8. The molecule has 0 atom stereocenters. The maximum Gasteiger partial charge on any atom is 0.155 e. The van der Waals surface area contributed by atoms with E-state index in [0.29, 0.717) is 5.82 Å². The third-order valence-corrected chi connectivity index (χ3v) is 3.63. The molecule has 2 aromatic carbocycles. The lowest BCUT2D eigenvalue weighted by Crippen LogP contribution is -2.05. The quantitative estimate of drug-likeness (QED) is 0.799. The highest BCUT2D eigenvalue weighted by Gasteiger charge is 2.14. The van der Waals surface area contributed by atoms with E-state index in [1.165, 1.54) is 11.1 Å². The average Bonchev–Trinajstić information content (AvgIpc) is 2.89. The van der Waals surface area contributed by atoms with Gasteiger partial charge in [0.05, 0.1) is 5.69 Å². The summed E-state index contributed by atoms with van der Waals surface area (Å²) >= 11 is 0. The summed E-state index contributed by atoms with van der Waals surface area (Å²) in [5.41, 5.74) is 11.4. The van der Waals surface area contributed by atoms with Crippen molar-refractivity contribution in [2.45, 2.75) is 20.3 Å². The maximum absolute atomic E-state index is 6.27. The smallest absolute Gasteiger partial charge is 0.155 e. The van der Waals surface area contributed by atoms with Crippen molar-refractivity contribution in [2.24, 2.45) is 0 Å². The van der Waals surface area contributed by atoms with Crippen molar-refractivity contribution in [1.29, 1.82) is 0 Å². The van der Waals surface area contributed by atoms with Gasteiger partial charge in [-0.3, -0.25) is 0 Å². The van der Waals surface area contributed by atoms with E-state index in [1.807, 2.05) is 42.5 Å². The highest BCUT2D eigenvalue weighted by Crippen LogP contribution is 2.26. The zero-order valence-electron chi connectivity index (χ0n) is 12.2. The molecule has 106 valence electrons. The van der Waals surface area contributed by atoms with E-state index in [9.17, 15) is 0 Å². The number of nitrogens with zero attached hydrogens (tertiary/aromatic N) is 3. The molecule has 0 saturated heterocycles. The van der Waals surface area contributed by atoms with Gasteiger partial charge in [0.1, 0.15) is 5.69 Å². The molecule has 2 N–H and O–H groups in total. The van der Waals surface area contributed by atoms with Crippen molar-refractivity contribution >= 4 is 5.82 Å². The van der Waals surface area contributed by atoms with Crippen molar-refractivity contribution in [1.82, 2.24) is 15.0 Å². The Morgan fingerprint density at radius 2 is 1.76 bits per heavy atom. The summed E-state index contributed by atoms with van der Waals surface area (Å²) < 4.78 is 1.72. The molecule has 1 aromatic heterocycles. The van der Waals surface area contributed by atoms with Crippen LogP contribution < -0.4 is 5.73 Å².